The first-order valence-electron chi connectivity index (χ1n) is 7.60. The number of carbonyl (C=O) groups excluding carboxylic acids is 1. The second kappa shape index (κ2) is 4.70. The molecule has 0 aromatic rings. The largest absolute Gasteiger partial charge is 0.337 e. The second-order valence-electron chi connectivity index (χ2n) is 6.78. The molecule has 0 aromatic carbocycles. The zero-order chi connectivity index (χ0) is 14.7. The van der Waals surface area contributed by atoms with Gasteiger partial charge in [0.15, 0.2) is 9.84 Å². The summed E-state index contributed by atoms with van der Waals surface area (Å²) in [6.07, 6.45) is 3.33. The van der Waals surface area contributed by atoms with Crippen molar-refractivity contribution in [1.29, 1.82) is 0 Å². The van der Waals surface area contributed by atoms with Crippen LogP contribution in [0.2, 0.25) is 0 Å². The molecule has 20 heavy (non-hydrogen) atoms. The molecule has 3 aliphatic rings. The Hall–Kier alpha value is -0.620. The first-order valence-corrected chi connectivity index (χ1v) is 9.32. The van der Waals surface area contributed by atoms with Gasteiger partial charge in [0.05, 0.1) is 16.9 Å². The van der Waals surface area contributed by atoms with Crippen LogP contribution in [-0.2, 0) is 14.6 Å². The third-order valence-electron chi connectivity index (χ3n) is 5.90. The fourth-order valence-corrected chi connectivity index (χ4v) is 5.94. The predicted octanol–water partition coefficient (Wildman–Crippen LogP) is 0.394. The highest BCUT2D eigenvalue weighted by atomic mass is 32.2. The van der Waals surface area contributed by atoms with Crippen LogP contribution in [0.15, 0.2) is 0 Å². The van der Waals surface area contributed by atoms with Crippen LogP contribution in [0, 0.1) is 17.8 Å². The molecule has 2 saturated carbocycles. The van der Waals surface area contributed by atoms with E-state index in [-0.39, 0.29) is 29.7 Å². The van der Waals surface area contributed by atoms with Gasteiger partial charge in [-0.2, -0.15) is 0 Å². The van der Waals surface area contributed by atoms with Crippen molar-refractivity contribution in [2.24, 2.45) is 23.5 Å². The minimum Gasteiger partial charge on any atom is -0.337 e. The first kappa shape index (κ1) is 14.3. The lowest BCUT2D eigenvalue weighted by atomic mass is 9.83. The number of fused-ring (bicyclic) bond motifs is 2. The summed E-state index contributed by atoms with van der Waals surface area (Å²) in [4.78, 5) is 14.6. The normalized spacial score (nSPS) is 46.6. The molecule has 1 heterocycles. The molecule has 1 aliphatic heterocycles. The number of hydrogen-bond acceptors (Lipinski definition) is 4. The van der Waals surface area contributed by atoms with Crippen LogP contribution in [0.5, 0.6) is 0 Å². The standard InChI is InChI=1S/C14H24N2O3S/c1-8-9(2)20(18,19)6-5-16(8)14(17)12-10-3-4-11(7-10)13(12)15/h8-13H,3-7,15H2,1-2H3. The molecule has 5 nitrogen and oxygen atoms in total. The Morgan fingerprint density at radius 3 is 2.45 bits per heavy atom. The van der Waals surface area contributed by atoms with Crippen molar-refractivity contribution in [3.05, 3.63) is 0 Å². The van der Waals surface area contributed by atoms with E-state index < -0.39 is 15.1 Å². The molecule has 2 aliphatic carbocycles. The molecule has 6 atom stereocenters. The maximum Gasteiger partial charge on any atom is 0.227 e. The predicted molar refractivity (Wildman–Crippen MR) is 76.7 cm³/mol. The summed E-state index contributed by atoms with van der Waals surface area (Å²) in [5.41, 5.74) is 6.24. The molecule has 6 unspecified atom stereocenters. The second-order valence-corrected chi connectivity index (χ2v) is 9.26. The van der Waals surface area contributed by atoms with E-state index in [1.165, 1.54) is 0 Å². The van der Waals surface area contributed by atoms with Gasteiger partial charge in [-0.25, -0.2) is 8.42 Å². The highest BCUT2D eigenvalue weighted by molar-refractivity contribution is 7.92. The van der Waals surface area contributed by atoms with Gasteiger partial charge in [-0.05, 0) is 44.9 Å². The topological polar surface area (TPSA) is 80.5 Å². The van der Waals surface area contributed by atoms with E-state index in [9.17, 15) is 13.2 Å². The van der Waals surface area contributed by atoms with Crippen LogP contribution in [0.25, 0.3) is 0 Å². The van der Waals surface area contributed by atoms with Crippen LogP contribution in [0.3, 0.4) is 0 Å². The Bertz CT molecular complexity index is 517. The van der Waals surface area contributed by atoms with Gasteiger partial charge in [0.1, 0.15) is 0 Å². The zero-order valence-electron chi connectivity index (χ0n) is 12.2. The molecule has 6 heteroatoms. The van der Waals surface area contributed by atoms with Gasteiger partial charge >= 0.3 is 0 Å². The van der Waals surface area contributed by atoms with Gasteiger partial charge in [0.25, 0.3) is 0 Å². The minimum atomic E-state index is -3.05. The Morgan fingerprint density at radius 2 is 1.85 bits per heavy atom. The lowest BCUT2D eigenvalue weighted by Gasteiger charge is -2.41. The number of nitrogens with two attached hydrogens (primary N) is 1. The molecule has 0 spiro atoms. The van der Waals surface area contributed by atoms with Crippen LogP contribution in [-0.4, -0.2) is 48.9 Å². The number of amides is 1. The summed E-state index contributed by atoms with van der Waals surface area (Å²) in [6, 6.07) is -0.269. The van der Waals surface area contributed by atoms with Crippen molar-refractivity contribution in [2.75, 3.05) is 12.3 Å². The number of nitrogens with zero attached hydrogens (tertiary/aromatic N) is 1. The van der Waals surface area contributed by atoms with E-state index in [1.807, 2.05) is 6.92 Å². The van der Waals surface area contributed by atoms with Gasteiger partial charge < -0.3 is 10.6 Å². The molecule has 3 fully saturated rings. The quantitative estimate of drug-likeness (QED) is 0.760. The van der Waals surface area contributed by atoms with Crippen molar-refractivity contribution in [3.63, 3.8) is 0 Å². The maximum atomic E-state index is 12.8. The smallest absolute Gasteiger partial charge is 0.227 e. The summed E-state index contributed by atoms with van der Waals surface area (Å²) in [7, 11) is -3.05. The van der Waals surface area contributed by atoms with Crippen LogP contribution in [0.4, 0.5) is 0 Å². The number of sulfone groups is 1. The fraction of sp³-hybridized carbons (Fsp3) is 0.929. The Balaban J connectivity index is 1.78. The first-order chi connectivity index (χ1) is 9.33. The lowest BCUT2D eigenvalue weighted by molar-refractivity contribution is -0.139. The molecule has 3 rings (SSSR count). The van der Waals surface area contributed by atoms with Gasteiger partial charge in [0, 0.05) is 18.6 Å². The van der Waals surface area contributed by atoms with E-state index in [1.54, 1.807) is 11.8 Å². The van der Waals surface area contributed by atoms with Crippen LogP contribution >= 0.6 is 0 Å². The molecule has 2 N–H and O–H groups in total. The molecular formula is C14H24N2O3S. The molecule has 1 amide bonds. The summed E-state index contributed by atoms with van der Waals surface area (Å²) in [6.45, 7) is 3.88. The SMILES string of the molecule is CC1C(C)S(=O)(=O)CCN1C(=O)C1C2CCC(C2)C1N. The van der Waals surface area contributed by atoms with Gasteiger partial charge in [-0.15, -0.1) is 0 Å². The summed E-state index contributed by atoms with van der Waals surface area (Å²) < 4.78 is 23.8. The molecule has 1 saturated heterocycles. The van der Waals surface area contributed by atoms with Crippen LogP contribution < -0.4 is 5.73 Å². The van der Waals surface area contributed by atoms with E-state index >= 15 is 0 Å². The van der Waals surface area contributed by atoms with Crippen molar-refractivity contribution in [3.8, 4) is 0 Å². The zero-order valence-corrected chi connectivity index (χ0v) is 13.0. The van der Waals surface area contributed by atoms with Crippen molar-refractivity contribution >= 4 is 15.7 Å². The summed E-state index contributed by atoms with van der Waals surface area (Å²) in [5.74, 6) is 1.02. The maximum absolute atomic E-state index is 12.8. The highest BCUT2D eigenvalue weighted by Crippen LogP contribution is 2.48. The Labute approximate surface area is 120 Å². The van der Waals surface area contributed by atoms with E-state index in [2.05, 4.69) is 0 Å². The molecule has 2 bridgehead atoms. The van der Waals surface area contributed by atoms with Gasteiger partial charge in [-0.3, -0.25) is 4.79 Å². The summed E-state index contributed by atoms with van der Waals surface area (Å²) >= 11 is 0. The average molecular weight is 300 g/mol. The molecule has 0 radical (unpaired) electrons. The number of carbonyl (C=O) groups is 1. The van der Waals surface area contributed by atoms with Crippen molar-refractivity contribution in [2.45, 2.75) is 50.4 Å². The molecule has 114 valence electrons. The van der Waals surface area contributed by atoms with Crippen molar-refractivity contribution in [1.82, 2.24) is 4.90 Å². The Morgan fingerprint density at radius 1 is 1.20 bits per heavy atom. The van der Waals surface area contributed by atoms with E-state index in [0.717, 1.165) is 19.3 Å². The average Bonchev–Trinajstić information content (AvgIpc) is 2.96. The molecule has 0 aromatic heterocycles. The minimum absolute atomic E-state index is 0.0257. The summed E-state index contributed by atoms with van der Waals surface area (Å²) in [5, 5.41) is -0.477. The fourth-order valence-electron chi connectivity index (χ4n) is 4.37. The number of hydrogen-bond donors (Lipinski definition) is 1. The third kappa shape index (κ3) is 1.99. The van der Waals surface area contributed by atoms with Crippen molar-refractivity contribution < 1.29 is 13.2 Å². The van der Waals surface area contributed by atoms with E-state index in [0.29, 0.717) is 18.4 Å². The monoisotopic (exact) mass is 300 g/mol. The highest BCUT2D eigenvalue weighted by Gasteiger charge is 2.51. The third-order valence-corrected chi connectivity index (χ3v) is 8.18. The number of rotatable bonds is 1. The Kier molecular flexibility index (Phi) is 3.36. The van der Waals surface area contributed by atoms with Crippen LogP contribution in [0.1, 0.15) is 33.1 Å². The molecular weight excluding hydrogens is 276 g/mol. The van der Waals surface area contributed by atoms with Gasteiger partial charge in [0.2, 0.25) is 5.91 Å². The lowest BCUT2D eigenvalue weighted by Crippen LogP contribution is -2.58. The van der Waals surface area contributed by atoms with E-state index in [4.69, 9.17) is 5.73 Å². The van der Waals surface area contributed by atoms with Gasteiger partial charge in [-0.1, -0.05) is 0 Å².